The minimum Gasteiger partial charge on any atom is -0.256 e. The molecule has 2 rings (SSSR count). The molecular formula is C18H19F2N. The lowest BCUT2D eigenvalue weighted by Crippen LogP contribution is -2.06. The standard InChI is InChI=1S/C18H19F2N/c1-5-12(2)17-13(3)9-15(11-21-17)14-7-6-8-16(10-14)18(4,19)20/h5-11H,1-4H3/b12-5-. The molecule has 21 heavy (non-hydrogen) atoms. The molecule has 0 radical (unpaired) electrons. The van der Waals surface area contributed by atoms with Gasteiger partial charge in [0, 0.05) is 24.2 Å². The molecule has 0 amide bonds. The number of hydrogen-bond donors (Lipinski definition) is 0. The molecule has 1 heterocycles. The van der Waals surface area contributed by atoms with Gasteiger partial charge in [0.05, 0.1) is 5.69 Å². The molecule has 0 saturated heterocycles. The minimum atomic E-state index is -2.83. The van der Waals surface area contributed by atoms with E-state index in [2.05, 4.69) is 4.98 Å². The number of nitrogens with zero attached hydrogens (tertiary/aromatic N) is 1. The zero-order chi connectivity index (χ0) is 15.6. The Morgan fingerprint density at radius 1 is 1.19 bits per heavy atom. The maximum Gasteiger partial charge on any atom is 0.270 e. The van der Waals surface area contributed by atoms with Crippen LogP contribution < -0.4 is 0 Å². The van der Waals surface area contributed by atoms with Gasteiger partial charge in [-0.1, -0.05) is 24.3 Å². The fraction of sp³-hybridized carbons (Fsp3) is 0.278. The third kappa shape index (κ3) is 3.35. The van der Waals surface area contributed by atoms with Crippen LogP contribution in [0, 0.1) is 6.92 Å². The first-order valence-electron chi connectivity index (χ1n) is 6.91. The van der Waals surface area contributed by atoms with E-state index in [1.165, 1.54) is 12.1 Å². The smallest absolute Gasteiger partial charge is 0.256 e. The van der Waals surface area contributed by atoms with Gasteiger partial charge in [0.15, 0.2) is 0 Å². The van der Waals surface area contributed by atoms with Crippen molar-refractivity contribution in [3.8, 4) is 11.1 Å². The molecule has 2 aromatic rings. The van der Waals surface area contributed by atoms with E-state index in [1.54, 1.807) is 12.3 Å². The van der Waals surface area contributed by atoms with Crippen molar-refractivity contribution >= 4 is 5.57 Å². The second-order valence-electron chi connectivity index (χ2n) is 5.33. The number of aromatic nitrogens is 1. The Balaban J connectivity index is 2.46. The lowest BCUT2D eigenvalue weighted by molar-refractivity contribution is 0.0175. The highest BCUT2D eigenvalue weighted by molar-refractivity contribution is 5.69. The van der Waals surface area contributed by atoms with Gasteiger partial charge in [0.1, 0.15) is 0 Å². The summed E-state index contributed by atoms with van der Waals surface area (Å²) in [6, 6.07) is 8.44. The molecule has 1 aromatic heterocycles. The van der Waals surface area contributed by atoms with Crippen LogP contribution in [-0.2, 0) is 5.92 Å². The first-order valence-corrected chi connectivity index (χ1v) is 6.91. The van der Waals surface area contributed by atoms with E-state index in [1.807, 2.05) is 39.0 Å². The lowest BCUT2D eigenvalue weighted by Gasteiger charge is -2.13. The number of aryl methyl sites for hydroxylation is 1. The molecule has 0 spiro atoms. The third-order valence-corrected chi connectivity index (χ3v) is 3.59. The molecule has 0 bridgehead atoms. The van der Waals surface area contributed by atoms with Gasteiger partial charge in [0.25, 0.3) is 5.92 Å². The molecule has 0 aliphatic carbocycles. The van der Waals surface area contributed by atoms with Crippen LogP contribution in [0.25, 0.3) is 16.7 Å². The summed E-state index contributed by atoms with van der Waals surface area (Å²) in [5, 5.41) is 0. The molecule has 0 aliphatic heterocycles. The second-order valence-corrected chi connectivity index (χ2v) is 5.33. The van der Waals surface area contributed by atoms with Crippen LogP contribution in [0.3, 0.4) is 0 Å². The predicted molar refractivity (Wildman–Crippen MR) is 83.3 cm³/mol. The van der Waals surface area contributed by atoms with Crippen LogP contribution >= 0.6 is 0 Å². The zero-order valence-corrected chi connectivity index (χ0v) is 12.7. The maximum absolute atomic E-state index is 13.4. The first-order chi connectivity index (χ1) is 9.82. The summed E-state index contributed by atoms with van der Waals surface area (Å²) in [7, 11) is 0. The number of alkyl halides is 2. The van der Waals surface area contributed by atoms with Gasteiger partial charge in [-0.25, -0.2) is 8.78 Å². The molecule has 0 saturated carbocycles. The predicted octanol–water partition coefficient (Wildman–Crippen LogP) is 5.59. The van der Waals surface area contributed by atoms with Gasteiger partial charge in [-0.05, 0) is 49.6 Å². The zero-order valence-electron chi connectivity index (χ0n) is 12.7. The fourth-order valence-electron chi connectivity index (χ4n) is 2.25. The summed E-state index contributed by atoms with van der Waals surface area (Å²) in [6.45, 7) is 6.87. The molecule has 110 valence electrons. The third-order valence-electron chi connectivity index (χ3n) is 3.59. The molecule has 1 aromatic carbocycles. The van der Waals surface area contributed by atoms with Gasteiger partial charge in [-0.15, -0.1) is 0 Å². The van der Waals surface area contributed by atoms with Crippen LogP contribution in [0.5, 0.6) is 0 Å². The summed E-state index contributed by atoms with van der Waals surface area (Å²) in [5.41, 5.74) is 4.72. The van der Waals surface area contributed by atoms with E-state index >= 15 is 0 Å². The lowest BCUT2D eigenvalue weighted by atomic mass is 9.99. The van der Waals surface area contributed by atoms with E-state index in [0.717, 1.165) is 34.9 Å². The summed E-state index contributed by atoms with van der Waals surface area (Å²) in [5.74, 6) is -2.83. The number of halogens is 2. The van der Waals surface area contributed by atoms with E-state index in [9.17, 15) is 8.78 Å². The summed E-state index contributed by atoms with van der Waals surface area (Å²) in [4.78, 5) is 4.46. The molecule has 0 atom stereocenters. The van der Waals surface area contributed by atoms with Gasteiger partial charge >= 0.3 is 0 Å². The average Bonchev–Trinajstić information content (AvgIpc) is 2.45. The number of hydrogen-bond acceptors (Lipinski definition) is 1. The highest BCUT2D eigenvalue weighted by Crippen LogP contribution is 2.31. The fourth-order valence-corrected chi connectivity index (χ4v) is 2.25. The van der Waals surface area contributed by atoms with Crippen LogP contribution in [0.2, 0.25) is 0 Å². The molecule has 0 aliphatic rings. The first kappa shape index (κ1) is 15.4. The number of benzene rings is 1. The van der Waals surface area contributed by atoms with E-state index < -0.39 is 5.92 Å². The summed E-state index contributed by atoms with van der Waals surface area (Å²) < 4.78 is 26.8. The number of allylic oxidation sites excluding steroid dienone is 2. The monoisotopic (exact) mass is 287 g/mol. The van der Waals surface area contributed by atoms with Crippen molar-refractivity contribution in [3.63, 3.8) is 0 Å². The van der Waals surface area contributed by atoms with Crippen molar-refractivity contribution in [1.29, 1.82) is 0 Å². The van der Waals surface area contributed by atoms with Crippen molar-refractivity contribution in [1.82, 2.24) is 4.98 Å². The topological polar surface area (TPSA) is 12.9 Å². The van der Waals surface area contributed by atoms with Crippen LogP contribution in [0.1, 0.15) is 37.6 Å². The SMILES string of the molecule is C/C=C(/C)c1ncc(-c2cccc(C(C)(F)F)c2)cc1C. The summed E-state index contributed by atoms with van der Waals surface area (Å²) >= 11 is 0. The molecular weight excluding hydrogens is 268 g/mol. The Morgan fingerprint density at radius 3 is 2.48 bits per heavy atom. The number of pyridine rings is 1. The summed E-state index contributed by atoms with van der Waals surface area (Å²) in [6.07, 6.45) is 3.75. The van der Waals surface area contributed by atoms with E-state index in [-0.39, 0.29) is 5.56 Å². The van der Waals surface area contributed by atoms with Gasteiger partial charge < -0.3 is 0 Å². The second kappa shape index (κ2) is 5.76. The average molecular weight is 287 g/mol. The van der Waals surface area contributed by atoms with Gasteiger partial charge in [0.2, 0.25) is 0 Å². The Kier molecular flexibility index (Phi) is 4.21. The van der Waals surface area contributed by atoms with E-state index in [0.29, 0.717) is 0 Å². The van der Waals surface area contributed by atoms with Crippen LogP contribution in [0.15, 0.2) is 42.6 Å². The highest BCUT2D eigenvalue weighted by atomic mass is 19.3. The van der Waals surface area contributed by atoms with Crippen molar-refractivity contribution in [2.75, 3.05) is 0 Å². The van der Waals surface area contributed by atoms with Gasteiger partial charge in [-0.2, -0.15) is 0 Å². The van der Waals surface area contributed by atoms with Crippen molar-refractivity contribution in [2.24, 2.45) is 0 Å². The number of rotatable bonds is 3. The van der Waals surface area contributed by atoms with Crippen molar-refractivity contribution in [2.45, 2.75) is 33.6 Å². The van der Waals surface area contributed by atoms with Crippen LogP contribution in [-0.4, -0.2) is 4.98 Å². The van der Waals surface area contributed by atoms with Crippen molar-refractivity contribution < 1.29 is 8.78 Å². The largest absolute Gasteiger partial charge is 0.270 e. The molecule has 0 N–H and O–H groups in total. The van der Waals surface area contributed by atoms with E-state index in [4.69, 9.17) is 0 Å². The quantitative estimate of drug-likeness (QED) is 0.717. The Hall–Kier alpha value is -2.03. The van der Waals surface area contributed by atoms with Crippen LogP contribution in [0.4, 0.5) is 8.78 Å². The van der Waals surface area contributed by atoms with Crippen molar-refractivity contribution in [3.05, 3.63) is 59.4 Å². The molecule has 1 nitrogen and oxygen atoms in total. The Morgan fingerprint density at radius 2 is 1.90 bits per heavy atom. The molecule has 0 unspecified atom stereocenters. The normalized spacial score (nSPS) is 12.6. The molecule has 0 fully saturated rings. The minimum absolute atomic E-state index is 0.0198. The Labute approximate surface area is 124 Å². The highest BCUT2D eigenvalue weighted by Gasteiger charge is 2.24. The van der Waals surface area contributed by atoms with Gasteiger partial charge in [-0.3, -0.25) is 4.98 Å². The molecule has 3 heteroatoms. The maximum atomic E-state index is 13.4. The Bertz CT molecular complexity index is 682.